The first-order valence-electron chi connectivity index (χ1n) is 5.78. The standard InChI is InChI=1S/C7H3F13O8S2.Li.Na/c8-1(2(9,10)29(21,22)23)27-5(15,16)3(11,4(12,13)14)28-6(17,18)7(19,20)30(24,25)26;;/h1H,(H,21,22,23)(H,24,25,26);;/q;2*+1/p-2. The smallest absolute Gasteiger partial charge is 0.743 e. The Morgan fingerprint density at radius 1 is 0.688 bits per heavy atom. The third-order valence-electron chi connectivity index (χ3n) is 2.51. The van der Waals surface area contributed by atoms with Crippen LogP contribution in [0.3, 0.4) is 0 Å². The van der Waals surface area contributed by atoms with E-state index in [0.29, 0.717) is 0 Å². The van der Waals surface area contributed by atoms with Gasteiger partial charge in [0, 0.05) is 0 Å². The molecule has 0 saturated carbocycles. The van der Waals surface area contributed by atoms with Crippen LogP contribution in [-0.2, 0) is 29.7 Å². The molecule has 0 aromatic carbocycles. The van der Waals surface area contributed by atoms with Gasteiger partial charge in [0.15, 0.2) is 20.2 Å². The summed E-state index contributed by atoms with van der Waals surface area (Å²) in [5, 5.41) is -14.1. The van der Waals surface area contributed by atoms with Crippen LogP contribution in [0.5, 0.6) is 0 Å². The summed E-state index contributed by atoms with van der Waals surface area (Å²) in [5.74, 6) is -7.84. The molecule has 0 heterocycles. The Bertz CT molecular complexity index is 862. The molecule has 0 N–H and O–H groups in total. The second-order valence-corrected chi connectivity index (χ2v) is 7.52. The fraction of sp³-hybridized carbons (Fsp3) is 1.00. The zero-order chi connectivity index (χ0) is 25.0. The number of halogens is 13. The fourth-order valence-electron chi connectivity index (χ4n) is 1.05. The van der Waals surface area contributed by atoms with Gasteiger partial charge in [-0.1, -0.05) is 0 Å². The number of alkyl halides is 13. The third-order valence-corrected chi connectivity index (χ3v) is 4.23. The molecule has 182 valence electrons. The van der Waals surface area contributed by atoms with E-state index in [1.54, 1.807) is 4.74 Å². The summed E-state index contributed by atoms with van der Waals surface area (Å²) < 4.78 is 230. The summed E-state index contributed by atoms with van der Waals surface area (Å²) in [7, 11) is -15.2. The summed E-state index contributed by atoms with van der Waals surface area (Å²) in [6.07, 6.45) is -28.8. The zero-order valence-electron chi connectivity index (χ0n) is 14.6. The molecule has 8 nitrogen and oxygen atoms in total. The van der Waals surface area contributed by atoms with Crippen LogP contribution in [-0.4, -0.2) is 67.1 Å². The molecule has 25 heteroatoms. The number of hydrogen-bond acceptors (Lipinski definition) is 8. The molecule has 0 aromatic rings. The third kappa shape index (κ3) is 6.76. The van der Waals surface area contributed by atoms with Crippen LogP contribution < -0.4 is 48.4 Å². The van der Waals surface area contributed by atoms with E-state index in [1.165, 1.54) is 4.74 Å². The van der Waals surface area contributed by atoms with Crippen LogP contribution >= 0.6 is 0 Å². The minimum Gasteiger partial charge on any atom is -0.743 e. The van der Waals surface area contributed by atoms with E-state index in [4.69, 9.17) is 0 Å². The summed E-state index contributed by atoms with van der Waals surface area (Å²) in [6, 6.07) is 0. The summed E-state index contributed by atoms with van der Waals surface area (Å²) in [5.41, 5.74) is 0. The van der Waals surface area contributed by atoms with Crippen molar-refractivity contribution < 1.29 is 141 Å². The van der Waals surface area contributed by atoms with Gasteiger partial charge in [-0.2, -0.15) is 52.7 Å². The minimum absolute atomic E-state index is 0. The molecule has 0 aliphatic heterocycles. The summed E-state index contributed by atoms with van der Waals surface area (Å²) >= 11 is 0. The van der Waals surface area contributed by atoms with Crippen molar-refractivity contribution in [1.29, 1.82) is 0 Å². The molecule has 0 aromatic heterocycles. The number of rotatable bonds is 9. The molecule has 0 saturated heterocycles. The molecule has 0 radical (unpaired) electrons. The average Bonchev–Trinajstić information content (AvgIpc) is 2.41. The van der Waals surface area contributed by atoms with Gasteiger partial charge in [-0.3, -0.25) is 9.47 Å². The number of ether oxygens (including phenoxy) is 2. The van der Waals surface area contributed by atoms with E-state index in [0.717, 1.165) is 0 Å². The van der Waals surface area contributed by atoms with Crippen molar-refractivity contribution in [3.05, 3.63) is 0 Å². The monoisotopic (exact) mass is 554 g/mol. The van der Waals surface area contributed by atoms with Crippen LogP contribution in [0.1, 0.15) is 0 Å². The molecule has 0 bridgehead atoms. The van der Waals surface area contributed by atoms with E-state index in [-0.39, 0.29) is 48.4 Å². The van der Waals surface area contributed by atoms with Crippen molar-refractivity contribution in [3.8, 4) is 0 Å². The van der Waals surface area contributed by atoms with Crippen molar-refractivity contribution in [2.24, 2.45) is 0 Å². The molecule has 0 spiro atoms. The Morgan fingerprint density at radius 2 is 1.03 bits per heavy atom. The molecular formula is C7HF13LiNaO8S2. The van der Waals surface area contributed by atoms with Crippen molar-refractivity contribution >= 4 is 20.2 Å². The maximum atomic E-state index is 13.6. The van der Waals surface area contributed by atoms with Gasteiger partial charge in [-0.05, 0) is 0 Å². The Hall–Kier alpha value is 0.427. The molecule has 32 heavy (non-hydrogen) atoms. The van der Waals surface area contributed by atoms with Crippen molar-refractivity contribution in [3.63, 3.8) is 0 Å². The second kappa shape index (κ2) is 10.2. The molecule has 0 amide bonds. The van der Waals surface area contributed by atoms with Crippen LogP contribution in [0.2, 0.25) is 0 Å². The molecular weight excluding hydrogens is 553 g/mol. The molecule has 0 fully saturated rings. The summed E-state index contributed by atoms with van der Waals surface area (Å²) in [4.78, 5) is 0. The Morgan fingerprint density at radius 3 is 1.28 bits per heavy atom. The van der Waals surface area contributed by atoms with Crippen molar-refractivity contribution in [2.45, 2.75) is 41.1 Å². The maximum absolute atomic E-state index is 13.6. The van der Waals surface area contributed by atoms with Crippen molar-refractivity contribution in [1.82, 2.24) is 0 Å². The van der Waals surface area contributed by atoms with Crippen LogP contribution in [0, 0.1) is 0 Å². The van der Waals surface area contributed by atoms with E-state index in [2.05, 4.69) is 0 Å². The molecule has 2 atom stereocenters. The molecule has 0 rings (SSSR count). The van der Waals surface area contributed by atoms with Gasteiger partial charge in [0.25, 0.3) is 6.36 Å². The zero-order valence-corrected chi connectivity index (χ0v) is 18.2. The van der Waals surface area contributed by atoms with Gasteiger partial charge in [0.2, 0.25) is 0 Å². The molecule has 2 unspecified atom stereocenters. The van der Waals surface area contributed by atoms with Gasteiger partial charge < -0.3 is 9.11 Å². The summed E-state index contributed by atoms with van der Waals surface area (Å²) in [6.45, 7) is 0. The molecule has 0 aliphatic rings. The Labute approximate surface area is 201 Å². The van der Waals surface area contributed by atoms with Gasteiger partial charge in [-0.25, -0.2) is 21.2 Å². The topological polar surface area (TPSA) is 133 Å². The van der Waals surface area contributed by atoms with Gasteiger partial charge in [0.05, 0.1) is 0 Å². The first-order chi connectivity index (χ1) is 12.6. The quantitative estimate of drug-likeness (QED) is 0.160. The SMILES string of the molecule is O=S(=O)([O-])C(F)(F)C(F)OC(F)(F)C(F)(OC(F)(F)C(F)(F)S(=O)(=O)[O-])C(F)(F)F.[Li+].[Na+]. The fourth-order valence-corrected chi connectivity index (χ4v) is 1.66. The average molecular weight is 554 g/mol. The second-order valence-electron chi connectivity index (χ2n) is 4.65. The van der Waals surface area contributed by atoms with Crippen LogP contribution in [0.4, 0.5) is 57.1 Å². The Balaban J connectivity index is -0.00000420. The van der Waals surface area contributed by atoms with Crippen LogP contribution in [0.15, 0.2) is 0 Å². The predicted octanol–water partition coefficient (Wildman–Crippen LogP) is -3.99. The van der Waals surface area contributed by atoms with E-state index >= 15 is 0 Å². The van der Waals surface area contributed by atoms with Gasteiger partial charge in [0.1, 0.15) is 0 Å². The predicted molar refractivity (Wildman–Crippen MR) is 56.1 cm³/mol. The number of hydrogen-bond donors (Lipinski definition) is 0. The largest absolute Gasteiger partial charge is 1.00 e. The van der Waals surface area contributed by atoms with E-state index in [1.807, 2.05) is 0 Å². The Kier molecular flexibility index (Phi) is 11.8. The minimum atomic E-state index is -7.84. The van der Waals surface area contributed by atoms with Crippen molar-refractivity contribution in [2.75, 3.05) is 0 Å². The van der Waals surface area contributed by atoms with Gasteiger partial charge >= 0.3 is 83.2 Å². The first kappa shape index (κ1) is 37.0. The van der Waals surface area contributed by atoms with Gasteiger partial charge in [-0.15, -0.1) is 0 Å². The first-order valence-corrected chi connectivity index (χ1v) is 8.60. The normalized spacial score (nSPS) is 17.6. The van der Waals surface area contributed by atoms with E-state index < -0.39 is 61.4 Å². The van der Waals surface area contributed by atoms with Crippen LogP contribution in [0.25, 0.3) is 0 Å². The van der Waals surface area contributed by atoms with E-state index in [9.17, 15) is 83.0 Å². The molecule has 0 aliphatic carbocycles. The maximum Gasteiger partial charge on any atom is 1.00 e.